The summed E-state index contributed by atoms with van der Waals surface area (Å²) in [6.45, 7) is 0.114. The molecule has 0 saturated carbocycles. The Bertz CT molecular complexity index is 456. The van der Waals surface area contributed by atoms with Gasteiger partial charge in [-0.25, -0.2) is 0 Å². The molecule has 0 unspecified atom stereocenters. The monoisotopic (exact) mass is 239 g/mol. The second kappa shape index (κ2) is 5.01. The zero-order chi connectivity index (χ0) is 11.4. The number of aliphatic hydroxyl groups is 1. The first-order valence-electron chi connectivity index (χ1n) is 4.72. The van der Waals surface area contributed by atoms with Crippen molar-refractivity contribution in [1.29, 1.82) is 0 Å². The van der Waals surface area contributed by atoms with Gasteiger partial charge in [-0.1, -0.05) is 28.9 Å². The minimum atomic E-state index is -0.119. The summed E-state index contributed by atoms with van der Waals surface area (Å²) in [5.74, 6) is 1.08. The van der Waals surface area contributed by atoms with Gasteiger partial charge in [0, 0.05) is 11.6 Å². The standard InChI is InChI=1S/C11H10ClNO3/c12-10-3-1-2-8(6-14)11(10)15-7-9-4-5-13-16-9/h1-5,14H,6-7H2. The van der Waals surface area contributed by atoms with E-state index in [1.54, 1.807) is 24.3 Å². The second-order valence-electron chi connectivity index (χ2n) is 3.15. The highest BCUT2D eigenvalue weighted by atomic mass is 35.5. The molecular weight excluding hydrogens is 230 g/mol. The molecule has 16 heavy (non-hydrogen) atoms. The van der Waals surface area contributed by atoms with Crippen LogP contribution in [0.1, 0.15) is 11.3 Å². The Morgan fingerprint density at radius 3 is 2.94 bits per heavy atom. The van der Waals surface area contributed by atoms with E-state index in [0.717, 1.165) is 0 Å². The number of benzene rings is 1. The van der Waals surface area contributed by atoms with E-state index in [4.69, 9.17) is 26.0 Å². The number of nitrogens with zero attached hydrogens (tertiary/aromatic N) is 1. The normalized spacial score (nSPS) is 10.4. The van der Waals surface area contributed by atoms with Gasteiger partial charge >= 0.3 is 0 Å². The lowest BCUT2D eigenvalue weighted by Gasteiger charge is -2.10. The zero-order valence-electron chi connectivity index (χ0n) is 8.39. The first-order chi connectivity index (χ1) is 7.81. The number of para-hydroxylation sites is 1. The highest BCUT2D eigenvalue weighted by Crippen LogP contribution is 2.29. The highest BCUT2D eigenvalue weighted by Gasteiger charge is 2.08. The molecule has 5 heteroatoms. The average Bonchev–Trinajstić information content (AvgIpc) is 2.80. The molecule has 0 aliphatic carbocycles. The molecule has 0 atom stereocenters. The topological polar surface area (TPSA) is 55.5 Å². The van der Waals surface area contributed by atoms with Crippen LogP contribution >= 0.6 is 11.6 Å². The van der Waals surface area contributed by atoms with Crippen molar-refractivity contribution < 1.29 is 14.4 Å². The molecule has 2 rings (SSSR count). The maximum atomic E-state index is 9.13. The van der Waals surface area contributed by atoms with Crippen molar-refractivity contribution >= 4 is 11.6 Å². The van der Waals surface area contributed by atoms with E-state index >= 15 is 0 Å². The van der Waals surface area contributed by atoms with Crippen LogP contribution in [0, 0.1) is 0 Å². The Labute approximate surface area is 97.4 Å². The number of aromatic nitrogens is 1. The van der Waals surface area contributed by atoms with Crippen molar-refractivity contribution in [2.45, 2.75) is 13.2 Å². The van der Waals surface area contributed by atoms with Gasteiger partial charge in [-0.05, 0) is 6.07 Å². The van der Waals surface area contributed by atoms with Crippen LogP contribution in [0.5, 0.6) is 5.75 Å². The van der Waals surface area contributed by atoms with Gasteiger partial charge in [0.15, 0.2) is 5.76 Å². The fourth-order valence-corrected chi connectivity index (χ4v) is 1.55. The van der Waals surface area contributed by atoms with E-state index in [1.807, 2.05) is 0 Å². The average molecular weight is 240 g/mol. The smallest absolute Gasteiger partial charge is 0.174 e. The highest BCUT2D eigenvalue weighted by molar-refractivity contribution is 6.32. The molecule has 0 spiro atoms. The minimum Gasteiger partial charge on any atom is -0.484 e. The van der Waals surface area contributed by atoms with E-state index in [-0.39, 0.29) is 13.2 Å². The fourth-order valence-electron chi connectivity index (χ4n) is 1.30. The zero-order valence-corrected chi connectivity index (χ0v) is 9.15. The van der Waals surface area contributed by atoms with Gasteiger partial charge < -0.3 is 14.4 Å². The van der Waals surface area contributed by atoms with Gasteiger partial charge in [-0.2, -0.15) is 0 Å². The maximum absolute atomic E-state index is 9.13. The third kappa shape index (κ3) is 2.35. The largest absolute Gasteiger partial charge is 0.484 e. The molecule has 84 valence electrons. The molecule has 0 fully saturated rings. The van der Waals surface area contributed by atoms with Crippen LogP contribution in [0.4, 0.5) is 0 Å². The maximum Gasteiger partial charge on any atom is 0.174 e. The van der Waals surface area contributed by atoms with Crippen molar-refractivity contribution in [3.63, 3.8) is 0 Å². The molecule has 2 aromatic rings. The summed E-state index contributed by atoms with van der Waals surface area (Å²) in [5, 5.41) is 13.2. The number of halogens is 1. The molecule has 1 N–H and O–H groups in total. The van der Waals surface area contributed by atoms with Gasteiger partial charge in [0.25, 0.3) is 0 Å². The molecule has 1 heterocycles. The minimum absolute atomic E-state index is 0.119. The van der Waals surface area contributed by atoms with Gasteiger partial charge in [-0.3, -0.25) is 0 Å². The Hall–Kier alpha value is -1.52. The lowest BCUT2D eigenvalue weighted by atomic mass is 10.2. The Balaban J connectivity index is 2.14. The summed E-state index contributed by atoms with van der Waals surface area (Å²) in [4.78, 5) is 0. The third-order valence-corrected chi connectivity index (χ3v) is 2.37. The molecule has 4 nitrogen and oxygen atoms in total. The van der Waals surface area contributed by atoms with Crippen LogP contribution < -0.4 is 4.74 Å². The van der Waals surface area contributed by atoms with Crippen molar-refractivity contribution in [1.82, 2.24) is 5.16 Å². The van der Waals surface area contributed by atoms with E-state index in [0.29, 0.717) is 22.1 Å². The molecule has 0 aliphatic rings. The molecule has 0 bridgehead atoms. The van der Waals surface area contributed by atoms with Gasteiger partial charge in [-0.15, -0.1) is 0 Å². The van der Waals surface area contributed by atoms with Crippen LogP contribution in [0.2, 0.25) is 5.02 Å². The lowest BCUT2D eigenvalue weighted by molar-refractivity contribution is 0.234. The molecule has 0 aliphatic heterocycles. The lowest BCUT2D eigenvalue weighted by Crippen LogP contribution is -1.98. The summed E-state index contributed by atoms with van der Waals surface area (Å²) in [6.07, 6.45) is 1.54. The van der Waals surface area contributed by atoms with E-state index < -0.39 is 0 Å². The molecule has 0 saturated heterocycles. The predicted octanol–water partition coefficient (Wildman–Crippen LogP) is 2.40. The van der Waals surface area contributed by atoms with Crippen LogP contribution in [-0.4, -0.2) is 10.3 Å². The van der Waals surface area contributed by atoms with Gasteiger partial charge in [0.1, 0.15) is 12.4 Å². The first-order valence-corrected chi connectivity index (χ1v) is 5.09. The Kier molecular flexibility index (Phi) is 3.44. The summed E-state index contributed by atoms with van der Waals surface area (Å²) < 4.78 is 10.4. The van der Waals surface area contributed by atoms with Gasteiger partial charge in [0.05, 0.1) is 17.8 Å². The van der Waals surface area contributed by atoms with Crippen LogP contribution in [-0.2, 0) is 13.2 Å². The van der Waals surface area contributed by atoms with Crippen molar-refractivity contribution in [3.05, 3.63) is 46.8 Å². The Morgan fingerprint density at radius 2 is 2.25 bits per heavy atom. The first kappa shape index (κ1) is 11.0. The number of ether oxygens (including phenoxy) is 1. The van der Waals surface area contributed by atoms with E-state index in [9.17, 15) is 0 Å². The van der Waals surface area contributed by atoms with Gasteiger partial charge in [0.2, 0.25) is 0 Å². The molecule has 0 radical (unpaired) electrons. The van der Waals surface area contributed by atoms with Crippen LogP contribution in [0.25, 0.3) is 0 Å². The number of aliphatic hydroxyl groups excluding tert-OH is 1. The predicted molar refractivity (Wildman–Crippen MR) is 58.2 cm³/mol. The fraction of sp³-hybridized carbons (Fsp3) is 0.182. The number of rotatable bonds is 4. The Morgan fingerprint density at radius 1 is 1.38 bits per heavy atom. The number of hydrogen-bond donors (Lipinski definition) is 1. The molecule has 0 amide bonds. The summed E-state index contributed by atoms with van der Waals surface area (Å²) >= 11 is 5.97. The van der Waals surface area contributed by atoms with E-state index in [2.05, 4.69) is 5.16 Å². The molecule has 1 aromatic carbocycles. The summed E-state index contributed by atoms with van der Waals surface area (Å²) in [5.41, 5.74) is 0.645. The van der Waals surface area contributed by atoms with Crippen molar-refractivity contribution in [2.24, 2.45) is 0 Å². The molecule has 1 aromatic heterocycles. The second-order valence-corrected chi connectivity index (χ2v) is 3.56. The third-order valence-electron chi connectivity index (χ3n) is 2.07. The molecular formula is C11H10ClNO3. The number of hydrogen-bond acceptors (Lipinski definition) is 4. The quantitative estimate of drug-likeness (QED) is 0.890. The summed E-state index contributed by atoms with van der Waals surface area (Å²) in [7, 11) is 0. The summed E-state index contributed by atoms with van der Waals surface area (Å²) in [6, 6.07) is 6.92. The van der Waals surface area contributed by atoms with Crippen molar-refractivity contribution in [3.8, 4) is 5.75 Å². The van der Waals surface area contributed by atoms with Crippen LogP contribution in [0.15, 0.2) is 35.0 Å². The van der Waals surface area contributed by atoms with Crippen molar-refractivity contribution in [2.75, 3.05) is 0 Å². The van der Waals surface area contributed by atoms with Crippen LogP contribution in [0.3, 0.4) is 0 Å². The SMILES string of the molecule is OCc1cccc(Cl)c1OCc1ccno1. The van der Waals surface area contributed by atoms with E-state index in [1.165, 1.54) is 6.20 Å².